The summed E-state index contributed by atoms with van der Waals surface area (Å²) in [5.41, 5.74) is 0. The highest BCUT2D eigenvalue weighted by Crippen LogP contribution is 1.97. The third kappa shape index (κ3) is 3.75. The third-order valence-corrected chi connectivity index (χ3v) is 2.25. The van der Waals surface area contributed by atoms with Gasteiger partial charge in [0.2, 0.25) is 0 Å². The molecular weight excluding hydrogens is 174 g/mol. The average molecular weight is 193 g/mol. The zero-order chi connectivity index (χ0) is 10.4. The lowest BCUT2D eigenvalue weighted by atomic mass is 10.2. The minimum Gasteiger partial charge on any atom is -0.308 e. The molecule has 0 radical (unpaired) electrons. The van der Waals surface area contributed by atoms with Crippen LogP contribution in [0.3, 0.4) is 0 Å². The van der Waals surface area contributed by atoms with Gasteiger partial charge in [0.05, 0.1) is 0 Å². The molecule has 0 saturated heterocycles. The van der Waals surface area contributed by atoms with E-state index in [1.54, 1.807) is 0 Å². The molecule has 0 aromatic carbocycles. The molecule has 3 heteroatoms. The van der Waals surface area contributed by atoms with Crippen molar-refractivity contribution in [3.05, 3.63) is 31.1 Å². The van der Waals surface area contributed by atoms with Gasteiger partial charge in [-0.1, -0.05) is 6.08 Å². The molecule has 1 N–H and O–H groups in total. The first-order chi connectivity index (χ1) is 6.72. The highest BCUT2D eigenvalue weighted by atomic mass is 15.3. The molecule has 0 fully saturated rings. The van der Waals surface area contributed by atoms with Crippen molar-refractivity contribution in [2.24, 2.45) is 0 Å². The van der Waals surface area contributed by atoms with Gasteiger partial charge in [0, 0.05) is 31.0 Å². The van der Waals surface area contributed by atoms with E-state index in [1.165, 1.54) is 0 Å². The smallest absolute Gasteiger partial charge is 0.0489 e. The fourth-order valence-electron chi connectivity index (χ4n) is 1.36. The van der Waals surface area contributed by atoms with E-state index >= 15 is 0 Å². The molecule has 1 rings (SSSR count). The molecule has 0 bridgehead atoms. The van der Waals surface area contributed by atoms with Crippen LogP contribution in [-0.4, -0.2) is 21.9 Å². The van der Waals surface area contributed by atoms with Crippen LogP contribution in [0.2, 0.25) is 0 Å². The van der Waals surface area contributed by atoms with Gasteiger partial charge in [-0.15, -0.1) is 6.58 Å². The summed E-state index contributed by atoms with van der Waals surface area (Å²) in [5.74, 6) is 0. The van der Waals surface area contributed by atoms with E-state index in [9.17, 15) is 0 Å². The first-order valence-electron chi connectivity index (χ1n) is 5.08. The summed E-state index contributed by atoms with van der Waals surface area (Å²) in [6.45, 7) is 9.00. The van der Waals surface area contributed by atoms with Crippen LogP contribution < -0.4 is 5.32 Å². The Labute approximate surface area is 85.8 Å². The Balaban J connectivity index is 2.21. The monoisotopic (exact) mass is 193 g/mol. The Bertz CT molecular complexity index is 254. The van der Waals surface area contributed by atoms with Crippen molar-refractivity contribution in [3.63, 3.8) is 0 Å². The van der Waals surface area contributed by atoms with Crippen LogP contribution in [-0.2, 0) is 6.54 Å². The lowest BCUT2D eigenvalue weighted by molar-refractivity contribution is 0.443. The fourth-order valence-corrected chi connectivity index (χ4v) is 1.36. The van der Waals surface area contributed by atoms with Gasteiger partial charge in [-0.2, -0.15) is 5.10 Å². The van der Waals surface area contributed by atoms with E-state index in [0.29, 0.717) is 12.1 Å². The Morgan fingerprint density at radius 1 is 1.57 bits per heavy atom. The van der Waals surface area contributed by atoms with Gasteiger partial charge in [0.1, 0.15) is 0 Å². The van der Waals surface area contributed by atoms with Crippen LogP contribution in [0.1, 0.15) is 20.3 Å². The van der Waals surface area contributed by atoms with Gasteiger partial charge in [0.15, 0.2) is 0 Å². The molecule has 2 unspecified atom stereocenters. The number of rotatable bonds is 6. The second-order valence-corrected chi connectivity index (χ2v) is 3.65. The maximum absolute atomic E-state index is 4.16. The Hall–Kier alpha value is -1.09. The van der Waals surface area contributed by atoms with Crippen LogP contribution in [0.5, 0.6) is 0 Å². The highest BCUT2D eigenvalue weighted by Gasteiger charge is 2.04. The van der Waals surface area contributed by atoms with Crippen molar-refractivity contribution < 1.29 is 0 Å². The standard InChI is InChI=1S/C11H19N3/c1-4-10(2)13-11(3)6-9-14-8-5-7-12-14/h4-5,7-8,10-11,13H,1,6,9H2,2-3H3. The number of aromatic nitrogens is 2. The molecule has 0 aliphatic carbocycles. The largest absolute Gasteiger partial charge is 0.308 e. The van der Waals surface area contributed by atoms with Gasteiger partial charge in [-0.05, 0) is 26.3 Å². The second kappa shape index (κ2) is 5.60. The number of aryl methyl sites for hydroxylation is 1. The molecule has 1 heterocycles. The Morgan fingerprint density at radius 3 is 2.93 bits per heavy atom. The maximum atomic E-state index is 4.16. The van der Waals surface area contributed by atoms with Gasteiger partial charge >= 0.3 is 0 Å². The number of nitrogens with zero attached hydrogens (tertiary/aromatic N) is 2. The van der Waals surface area contributed by atoms with E-state index in [4.69, 9.17) is 0 Å². The summed E-state index contributed by atoms with van der Waals surface area (Å²) in [5, 5.41) is 7.59. The van der Waals surface area contributed by atoms with Crippen molar-refractivity contribution in [1.82, 2.24) is 15.1 Å². The lowest BCUT2D eigenvalue weighted by Gasteiger charge is -2.17. The predicted octanol–water partition coefficient (Wildman–Crippen LogP) is 1.83. The molecule has 0 amide bonds. The predicted molar refractivity (Wildman–Crippen MR) is 59.1 cm³/mol. The molecule has 0 spiro atoms. The summed E-state index contributed by atoms with van der Waals surface area (Å²) < 4.78 is 1.96. The van der Waals surface area contributed by atoms with Gasteiger partial charge in [0.25, 0.3) is 0 Å². The van der Waals surface area contributed by atoms with Crippen LogP contribution in [0.4, 0.5) is 0 Å². The van der Waals surface area contributed by atoms with Crippen LogP contribution in [0.15, 0.2) is 31.1 Å². The second-order valence-electron chi connectivity index (χ2n) is 3.65. The molecular formula is C11H19N3. The summed E-state index contributed by atoms with van der Waals surface area (Å²) in [6.07, 6.45) is 6.80. The number of hydrogen-bond donors (Lipinski definition) is 1. The fraction of sp³-hybridized carbons (Fsp3) is 0.545. The first kappa shape index (κ1) is 11.0. The highest BCUT2D eigenvalue weighted by molar-refractivity contribution is 4.83. The van der Waals surface area contributed by atoms with Crippen LogP contribution in [0, 0.1) is 0 Å². The van der Waals surface area contributed by atoms with Crippen molar-refractivity contribution >= 4 is 0 Å². The third-order valence-electron chi connectivity index (χ3n) is 2.25. The van der Waals surface area contributed by atoms with Crippen molar-refractivity contribution in [3.8, 4) is 0 Å². The molecule has 0 saturated carbocycles. The zero-order valence-corrected chi connectivity index (χ0v) is 8.98. The first-order valence-corrected chi connectivity index (χ1v) is 5.08. The normalized spacial score (nSPS) is 15.0. The quantitative estimate of drug-likeness (QED) is 0.698. The lowest BCUT2D eigenvalue weighted by Crippen LogP contribution is -2.33. The van der Waals surface area contributed by atoms with Gasteiger partial charge in [-0.25, -0.2) is 0 Å². The number of nitrogens with one attached hydrogen (secondary N) is 1. The molecule has 0 aliphatic rings. The minimum atomic E-state index is 0.377. The van der Waals surface area contributed by atoms with E-state index in [1.807, 2.05) is 29.2 Å². The van der Waals surface area contributed by atoms with Crippen molar-refractivity contribution in [2.75, 3.05) is 0 Å². The molecule has 1 aromatic rings. The SMILES string of the molecule is C=CC(C)NC(C)CCn1cccn1. The molecule has 78 valence electrons. The van der Waals surface area contributed by atoms with Crippen molar-refractivity contribution in [1.29, 1.82) is 0 Å². The molecule has 14 heavy (non-hydrogen) atoms. The van der Waals surface area contributed by atoms with Crippen LogP contribution in [0.25, 0.3) is 0 Å². The average Bonchev–Trinajstić information content (AvgIpc) is 2.67. The topological polar surface area (TPSA) is 29.9 Å². The van der Waals surface area contributed by atoms with E-state index < -0.39 is 0 Å². The van der Waals surface area contributed by atoms with E-state index in [0.717, 1.165) is 13.0 Å². The molecule has 1 aromatic heterocycles. The summed E-state index contributed by atoms with van der Waals surface area (Å²) in [6, 6.07) is 2.82. The number of hydrogen-bond acceptors (Lipinski definition) is 2. The summed E-state index contributed by atoms with van der Waals surface area (Å²) in [7, 11) is 0. The zero-order valence-electron chi connectivity index (χ0n) is 8.98. The molecule has 0 aliphatic heterocycles. The summed E-state index contributed by atoms with van der Waals surface area (Å²) >= 11 is 0. The molecule has 2 atom stereocenters. The minimum absolute atomic E-state index is 0.377. The maximum Gasteiger partial charge on any atom is 0.0489 e. The van der Waals surface area contributed by atoms with Crippen molar-refractivity contribution in [2.45, 2.75) is 38.9 Å². The Kier molecular flexibility index (Phi) is 4.40. The van der Waals surface area contributed by atoms with Crippen LogP contribution >= 0.6 is 0 Å². The van der Waals surface area contributed by atoms with E-state index in [-0.39, 0.29) is 0 Å². The molecule has 3 nitrogen and oxygen atoms in total. The van der Waals surface area contributed by atoms with Gasteiger partial charge in [-0.3, -0.25) is 4.68 Å². The van der Waals surface area contributed by atoms with E-state index in [2.05, 4.69) is 30.8 Å². The summed E-state index contributed by atoms with van der Waals surface area (Å²) in [4.78, 5) is 0. The Morgan fingerprint density at radius 2 is 2.36 bits per heavy atom. The van der Waals surface area contributed by atoms with Gasteiger partial charge < -0.3 is 5.32 Å².